The number of carbonyl (C=O) groups is 1. The smallest absolute Gasteiger partial charge is 0.489 e. The number of aryl methyl sites for hydroxylation is 1. The lowest BCUT2D eigenvalue weighted by Gasteiger charge is -2.07. The van der Waals surface area contributed by atoms with Crippen molar-refractivity contribution in [2.24, 2.45) is 0 Å². The van der Waals surface area contributed by atoms with Crippen LogP contribution < -0.4 is 9.47 Å². The van der Waals surface area contributed by atoms with E-state index in [9.17, 15) is 9.18 Å². The molecule has 128 valence electrons. The van der Waals surface area contributed by atoms with E-state index in [2.05, 4.69) is 4.74 Å². The second kappa shape index (κ2) is 7.09. The fraction of sp³-hybridized carbons (Fsp3) is 0.105. The van der Waals surface area contributed by atoms with Gasteiger partial charge in [-0.15, -0.1) is 0 Å². The predicted molar refractivity (Wildman–Crippen MR) is 88.3 cm³/mol. The summed E-state index contributed by atoms with van der Waals surface area (Å²) < 4.78 is 28.3. The van der Waals surface area contributed by atoms with Crippen LogP contribution in [-0.4, -0.2) is 11.3 Å². The van der Waals surface area contributed by atoms with Gasteiger partial charge in [0, 0.05) is 11.6 Å². The Balaban J connectivity index is 1.65. The van der Waals surface area contributed by atoms with Crippen molar-refractivity contribution in [2.45, 2.75) is 13.5 Å². The van der Waals surface area contributed by atoms with Crippen molar-refractivity contribution in [1.29, 1.82) is 0 Å². The Bertz CT molecular complexity index is 866. The maximum absolute atomic E-state index is 13.0. The van der Waals surface area contributed by atoms with E-state index in [1.807, 2.05) is 24.3 Å². The number of halogens is 1. The third kappa shape index (κ3) is 4.17. The van der Waals surface area contributed by atoms with Gasteiger partial charge in [-0.05, 0) is 42.3 Å². The molecule has 3 rings (SSSR count). The molecule has 0 bridgehead atoms. The Hall–Kier alpha value is -3.28. The molecule has 0 aliphatic heterocycles. The SMILES string of the molecule is Cc1oc(OC(=O)O)cc1COc1ccc(-c2ccc(F)cc2)cc1. The molecule has 0 radical (unpaired) electrons. The monoisotopic (exact) mass is 342 g/mol. The van der Waals surface area contributed by atoms with E-state index < -0.39 is 6.16 Å². The Kier molecular flexibility index (Phi) is 4.70. The molecule has 5 nitrogen and oxygen atoms in total. The van der Waals surface area contributed by atoms with E-state index in [0.29, 0.717) is 17.1 Å². The fourth-order valence-corrected chi connectivity index (χ4v) is 2.32. The molecule has 6 heteroatoms. The zero-order chi connectivity index (χ0) is 17.8. The van der Waals surface area contributed by atoms with Crippen LogP contribution >= 0.6 is 0 Å². The Labute approximate surface area is 143 Å². The zero-order valence-corrected chi connectivity index (χ0v) is 13.4. The maximum atomic E-state index is 13.0. The highest BCUT2D eigenvalue weighted by molar-refractivity contribution is 5.64. The van der Waals surface area contributed by atoms with E-state index in [0.717, 1.165) is 11.1 Å². The van der Waals surface area contributed by atoms with Crippen molar-refractivity contribution in [2.75, 3.05) is 0 Å². The largest absolute Gasteiger partial charge is 0.513 e. The van der Waals surface area contributed by atoms with E-state index in [1.165, 1.54) is 18.2 Å². The van der Waals surface area contributed by atoms with Crippen molar-refractivity contribution in [3.63, 3.8) is 0 Å². The van der Waals surface area contributed by atoms with E-state index >= 15 is 0 Å². The molecule has 0 amide bonds. The van der Waals surface area contributed by atoms with Gasteiger partial charge in [0.05, 0.1) is 0 Å². The van der Waals surface area contributed by atoms with E-state index in [4.69, 9.17) is 14.3 Å². The average Bonchev–Trinajstić information content (AvgIpc) is 2.93. The lowest BCUT2D eigenvalue weighted by atomic mass is 10.1. The Morgan fingerprint density at radius 3 is 2.28 bits per heavy atom. The van der Waals surface area contributed by atoms with Crippen LogP contribution in [0.15, 0.2) is 59.0 Å². The lowest BCUT2D eigenvalue weighted by molar-refractivity contribution is 0.132. The molecule has 0 spiro atoms. The zero-order valence-electron chi connectivity index (χ0n) is 13.4. The van der Waals surface area contributed by atoms with Gasteiger partial charge in [0.25, 0.3) is 5.95 Å². The molecule has 0 aliphatic rings. The molecule has 1 heterocycles. The van der Waals surface area contributed by atoms with Crippen LogP contribution in [-0.2, 0) is 6.61 Å². The van der Waals surface area contributed by atoms with Gasteiger partial charge in [-0.3, -0.25) is 0 Å². The van der Waals surface area contributed by atoms with Gasteiger partial charge < -0.3 is 19.0 Å². The van der Waals surface area contributed by atoms with Gasteiger partial charge in [0.2, 0.25) is 0 Å². The summed E-state index contributed by atoms with van der Waals surface area (Å²) in [6.07, 6.45) is -1.43. The average molecular weight is 342 g/mol. The summed E-state index contributed by atoms with van der Waals surface area (Å²) in [7, 11) is 0. The normalized spacial score (nSPS) is 10.5. The van der Waals surface area contributed by atoms with E-state index in [-0.39, 0.29) is 18.4 Å². The number of hydrogen-bond donors (Lipinski definition) is 1. The minimum atomic E-state index is -1.43. The first kappa shape index (κ1) is 16.6. The molecular weight excluding hydrogens is 327 g/mol. The minimum absolute atomic E-state index is 0.0877. The number of furan rings is 1. The molecule has 1 aromatic heterocycles. The molecule has 0 atom stereocenters. The van der Waals surface area contributed by atoms with Gasteiger partial charge in [-0.25, -0.2) is 9.18 Å². The highest BCUT2D eigenvalue weighted by Gasteiger charge is 2.12. The molecule has 0 fully saturated rings. The number of rotatable bonds is 5. The van der Waals surface area contributed by atoms with Crippen molar-refractivity contribution in [3.05, 3.63) is 71.7 Å². The molecule has 3 aromatic rings. The van der Waals surface area contributed by atoms with Crippen molar-refractivity contribution in [1.82, 2.24) is 0 Å². The van der Waals surface area contributed by atoms with Crippen LogP contribution in [0.5, 0.6) is 11.7 Å². The lowest BCUT2D eigenvalue weighted by Crippen LogP contribution is -2.01. The van der Waals surface area contributed by atoms with Crippen LogP contribution in [0.4, 0.5) is 9.18 Å². The van der Waals surface area contributed by atoms with Crippen LogP contribution in [0.25, 0.3) is 11.1 Å². The van der Waals surface area contributed by atoms with Gasteiger partial charge in [0.1, 0.15) is 23.9 Å². The molecule has 2 aromatic carbocycles. The molecule has 0 saturated carbocycles. The molecule has 0 saturated heterocycles. The minimum Gasteiger partial charge on any atom is -0.489 e. The van der Waals surface area contributed by atoms with E-state index in [1.54, 1.807) is 19.1 Å². The molecular formula is C19H15FO5. The summed E-state index contributed by atoms with van der Waals surface area (Å²) >= 11 is 0. The van der Waals surface area contributed by atoms with Gasteiger partial charge in [-0.2, -0.15) is 0 Å². The third-order valence-corrected chi connectivity index (χ3v) is 3.61. The Morgan fingerprint density at radius 1 is 1.08 bits per heavy atom. The van der Waals surface area contributed by atoms with Crippen molar-refractivity contribution in [3.8, 4) is 22.8 Å². The predicted octanol–water partition coefficient (Wildman–Crippen LogP) is 5.03. The van der Waals surface area contributed by atoms with Crippen LogP contribution in [0, 0.1) is 12.7 Å². The summed E-state index contributed by atoms with van der Waals surface area (Å²) in [6, 6.07) is 15.1. The van der Waals surface area contributed by atoms with Gasteiger partial charge >= 0.3 is 6.16 Å². The van der Waals surface area contributed by atoms with Crippen molar-refractivity contribution >= 4 is 6.16 Å². The summed E-state index contributed by atoms with van der Waals surface area (Å²) in [5.74, 6) is 0.812. The van der Waals surface area contributed by atoms with Crippen LogP contribution in [0.1, 0.15) is 11.3 Å². The standard InChI is InChI=1S/C19H15FO5/c1-12-15(10-18(24-12)25-19(21)22)11-23-17-8-4-14(5-9-17)13-2-6-16(20)7-3-13/h2-10H,11H2,1H3,(H,21,22). The number of ether oxygens (including phenoxy) is 2. The quantitative estimate of drug-likeness (QED) is 0.659. The van der Waals surface area contributed by atoms with Crippen LogP contribution in [0.3, 0.4) is 0 Å². The fourth-order valence-electron chi connectivity index (χ4n) is 2.32. The summed E-state index contributed by atoms with van der Waals surface area (Å²) in [5, 5.41) is 8.58. The molecule has 0 aliphatic carbocycles. The summed E-state index contributed by atoms with van der Waals surface area (Å²) in [5.41, 5.74) is 2.55. The number of benzene rings is 2. The number of hydrogen-bond acceptors (Lipinski definition) is 4. The first-order valence-electron chi connectivity index (χ1n) is 7.50. The molecule has 0 unspecified atom stereocenters. The van der Waals surface area contributed by atoms with Crippen molar-refractivity contribution < 1.29 is 28.2 Å². The highest BCUT2D eigenvalue weighted by atomic mass is 19.1. The van der Waals surface area contributed by atoms with Crippen LogP contribution in [0.2, 0.25) is 0 Å². The maximum Gasteiger partial charge on any atom is 0.513 e. The summed E-state index contributed by atoms with van der Waals surface area (Å²) in [4.78, 5) is 10.5. The molecule has 25 heavy (non-hydrogen) atoms. The number of carboxylic acid groups (broad SMARTS) is 1. The third-order valence-electron chi connectivity index (χ3n) is 3.61. The first-order chi connectivity index (χ1) is 12.0. The Morgan fingerprint density at radius 2 is 1.68 bits per heavy atom. The van der Waals surface area contributed by atoms with Gasteiger partial charge in [-0.1, -0.05) is 24.3 Å². The highest BCUT2D eigenvalue weighted by Crippen LogP contribution is 2.25. The topological polar surface area (TPSA) is 68.9 Å². The van der Waals surface area contributed by atoms with Gasteiger partial charge in [0.15, 0.2) is 0 Å². The summed E-state index contributed by atoms with van der Waals surface area (Å²) in [6.45, 7) is 1.92. The first-order valence-corrected chi connectivity index (χ1v) is 7.50. The second-order valence-corrected chi connectivity index (χ2v) is 5.33. The molecule has 1 N–H and O–H groups in total. The second-order valence-electron chi connectivity index (χ2n) is 5.33.